The van der Waals surface area contributed by atoms with Crippen molar-refractivity contribution in [2.24, 2.45) is 0 Å². The summed E-state index contributed by atoms with van der Waals surface area (Å²) in [6, 6.07) is 10.9. The van der Waals surface area contributed by atoms with E-state index in [0.717, 1.165) is 6.26 Å². The highest BCUT2D eigenvalue weighted by atomic mass is 35.5. The van der Waals surface area contributed by atoms with Crippen LogP contribution in [0.25, 0.3) is 0 Å². The van der Waals surface area contributed by atoms with Crippen LogP contribution < -0.4 is 4.74 Å². The summed E-state index contributed by atoms with van der Waals surface area (Å²) in [5.41, 5.74) is 0.491. The second-order valence-corrected chi connectivity index (χ2v) is 9.98. The Kier molecular flexibility index (Phi) is 7.91. The predicted octanol–water partition coefficient (Wildman–Crippen LogP) is 3.39. The van der Waals surface area contributed by atoms with Crippen LogP contribution in [0.4, 0.5) is 4.39 Å². The zero-order chi connectivity index (χ0) is 22.4. The van der Waals surface area contributed by atoms with E-state index in [4.69, 9.17) is 16.3 Å². The standard InChI is InChI=1S/C22H26ClFN2O4S/c1-31(28,29)18-9-7-17(8-10-18)30-15-3-6-22(27)26-13-11-25(12-14-26)16-19-20(23)4-2-5-21(19)24/h2,4-5,7-10H,3,6,11-16H2,1H3. The fourth-order valence-electron chi connectivity index (χ4n) is 3.42. The maximum atomic E-state index is 14.0. The van der Waals surface area contributed by atoms with Crippen LogP contribution in [0.15, 0.2) is 47.4 Å². The summed E-state index contributed by atoms with van der Waals surface area (Å²) in [6.45, 7) is 3.33. The molecule has 3 rings (SSSR count). The molecule has 0 aromatic heterocycles. The number of amides is 1. The van der Waals surface area contributed by atoms with E-state index >= 15 is 0 Å². The monoisotopic (exact) mass is 468 g/mol. The van der Waals surface area contributed by atoms with Gasteiger partial charge in [-0.1, -0.05) is 17.7 Å². The van der Waals surface area contributed by atoms with Crippen LogP contribution in [0.5, 0.6) is 5.75 Å². The molecule has 168 valence electrons. The summed E-state index contributed by atoms with van der Waals surface area (Å²) in [7, 11) is -3.23. The van der Waals surface area contributed by atoms with Crippen molar-refractivity contribution < 1.29 is 22.3 Å². The quantitative estimate of drug-likeness (QED) is 0.555. The number of nitrogens with zero attached hydrogens (tertiary/aromatic N) is 2. The summed E-state index contributed by atoms with van der Waals surface area (Å²) in [4.78, 5) is 16.6. The van der Waals surface area contributed by atoms with Crippen LogP contribution in [-0.2, 0) is 21.2 Å². The van der Waals surface area contributed by atoms with E-state index in [1.165, 1.54) is 18.2 Å². The molecule has 0 N–H and O–H groups in total. The van der Waals surface area contributed by atoms with Gasteiger partial charge in [-0.15, -0.1) is 0 Å². The normalized spacial score (nSPS) is 15.1. The lowest BCUT2D eigenvalue weighted by Gasteiger charge is -2.35. The first kappa shape index (κ1) is 23.5. The van der Waals surface area contributed by atoms with Gasteiger partial charge in [-0.25, -0.2) is 12.8 Å². The van der Waals surface area contributed by atoms with Gasteiger partial charge in [0.15, 0.2) is 9.84 Å². The number of carbonyl (C=O) groups excluding carboxylic acids is 1. The SMILES string of the molecule is CS(=O)(=O)c1ccc(OCCCC(=O)N2CCN(Cc3c(F)cccc3Cl)CC2)cc1. The molecule has 1 saturated heterocycles. The Bertz CT molecular complexity index is 986. The molecular formula is C22H26ClFN2O4S. The fraction of sp³-hybridized carbons (Fsp3) is 0.409. The first-order valence-electron chi connectivity index (χ1n) is 10.1. The lowest BCUT2D eigenvalue weighted by atomic mass is 10.1. The molecule has 1 aliphatic heterocycles. The summed E-state index contributed by atoms with van der Waals surface area (Å²) >= 11 is 6.10. The summed E-state index contributed by atoms with van der Waals surface area (Å²) in [6.07, 6.45) is 2.10. The molecule has 1 heterocycles. The van der Waals surface area contributed by atoms with Crippen LogP contribution >= 0.6 is 11.6 Å². The Hall–Kier alpha value is -2.16. The Labute approximate surface area is 187 Å². The van der Waals surface area contributed by atoms with E-state index in [9.17, 15) is 17.6 Å². The third kappa shape index (κ3) is 6.66. The zero-order valence-corrected chi connectivity index (χ0v) is 19.0. The molecule has 0 atom stereocenters. The fourth-order valence-corrected chi connectivity index (χ4v) is 4.27. The second-order valence-electron chi connectivity index (χ2n) is 7.55. The Morgan fingerprint density at radius 1 is 1.10 bits per heavy atom. The number of piperazine rings is 1. The number of benzene rings is 2. The third-order valence-corrected chi connectivity index (χ3v) is 6.71. The van der Waals surface area contributed by atoms with Crippen LogP contribution in [-0.4, -0.2) is 63.2 Å². The van der Waals surface area contributed by atoms with Crippen molar-refractivity contribution in [1.82, 2.24) is 9.80 Å². The lowest BCUT2D eigenvalue weighted by molar-refractivity contribution is -0.133. The highest BCUT2D eigenvalue weighted by molar-refractivity contribution is 7.90. The molecule has 31 heavy (non-hydrogen) atoms. The lowest BCUT2D eigenvalue weighted by Crippen LogP contribution is -2.48. The number of sulfone groups is 1. The van der Waals surface area contributed by atoms with E-state index in [-0.39, 0.29) is 16.6 Å². The minimum Gasteiger partial charge on any atom is -0.494 e. The zero-order valence-electron chi connectivity index (χ0n) is 17.4. The van der Waals surface area contributed by atoms with E-state index in [2.05, 4.69) is 4.90 Å². The van der Waals surface area contributed by atoms with Gasteiger partial charge < -0.3 is 9.64 Å². The largest absolute Gasteiger partial charge is 0.494 e. The molecular weight excluding hydrogens is 443 g/mol. The average molecular weight is 469 g/mol. The Balaban J connectivity index is 1.37. The first-order valence-corrected chi connectivity index (χ1v) is 12.4. The number of rotatable bonds is 8. The Morgan fingerprint density at radius 2 is 1.77 bits per heavy atom. The number of hydrogen-bond donors (Lipinski definition) is 0. The maximum absolute atomic E-state index is 14.0. The summed E-state index contributed by atoms with van der Waals surface area (Å²) in [5.74, 6) is 0.330. The van der Waals surface area contributed by atoms with Gasteiger partial charge in [0.05, 0.1) is 11.5 Å². The molecule has 0 saturated carbocycles. The van der Waals surface area contributed by atoms with Crippen molar-refractivity contribution in [3.05, 3.63) is 58.9 Å². The van der Waals surface area contributed by atoms with Crippen LogP contribution in [0.3, 0.4) is 0 Å². The molecule has 1 fully saturated rings. The molecule has 1 aliphatic rings. The molecule has 0 spiro atoms. The van der Waals surface area contributed by atoms with Crippen LogP contribution in [0.2, 0.25) is 5.02 Å². The van der Waals surface area contributed by atoms with Gasteiger partial charge in [0.25, 0.3) is 0 Å². The molecule has 2 aromatic rings. The average Bonchev–Trinajstić information content (AvgIpc) is 2.74. The molecule has 0 aliphatic carbocycles. The molecule has 6 nitrogen and oxygen atoms in total. The molecule has 1 amide bonds. The van der Waals surface area contributed by atoms with Crippen molar-refractivity contribution in [1.29, 1.82) is 0 Å². The molecule has 0 bridgehead atoms. The van der Waals surface area contributed by atoms with Crippen molar-refractivity contribution in [2.45, 2.75) is 24.3 Å². The summed E-state index contributed by atoms with van der Waals surface area (Å²) in [5, 5.41) is 0.421. The third-order valence-electron chi connectivity index (χ3n) is 5.22. The second kappa shape index (κ2) is 10.4. The topological polar surface area (TPSA) is 66.9 Å². The van der Waals surface area contributed by atoms with E-state index in [0.29, 0.717) is 68.5 Å². The van der Waals surface area contributed by atoms with Gasteiger partial charge in [-0.2, -0.15) is 0 Å². The smallest absolute Gasteiger partial charge is 0.222 e. The number of hydrogen-bond acceptors (Lipinski definition) is 5. The highest BCUT2D eigenvalue weighted by Gasteiger charge is 2.22. The minimum absolute atomic E-state index is 0.0691. The van der Waals surface area contributed by atoms with Gasteiger partial charge in [0.1, 0.15) is 11.6 Å². The number of halogens is 2. The molecule has 0 radical (unpaired) electrons. The van der Waals surface area contributed by atoms with Crippen molar-refractivity contribution in [3.63, 3.8) is 0 Å². The van der Waals surface area contributed by atoms with Gasteiger partial charge >= 0.3 is 0 Å². The summed E-state index contributed by atoms with van der Waals surface area (Å²) < 4.78 is 42.5. The molecule has 9 heteroatoms. The van der Waals surface area contributed by atoms with Gasteiger partial charge in [0.2, 0.25) is 5.91 Å². The maximum Gasteiger partial charge on any atom is 0.222 e. The van der Waals surface area contributed by atoms with Crippen LogP contribution in [0, 0.1) is 5.82 Å². The van der Waals surface area contributed by atoms with Crippen molar-refractivity contribution in [3.8, 4) is 5.75 Å². The van der Waals surface area contributed by atoms with Gasteiger partial charge in [0, 0.05) is 56.0 Å². The minimum atomic E-state index is -3.23. The van der Waals surface area contributed by atoms with E-state index in [1.54, 1.807) is 24.3 Å². The van der Waals surface area contributed by atoms with E-state index < -0.39 is 9.84 Å². The van der Waals surface area contributed by atoms with Crippen molar-refractivity contribution in [2.75, 3.05) is 39.0 Å². The van der Waals surface area contributed by atoms with Gasteiger partial charge in [-0.05, 0) is 42.8 Å². The Morgan fingerprint density at radius 3 is 2.39 bits per heavy atom. The number of ether oxygens (including phenoxy) is 1. The van der Waals surface area contributed by atoms with Gasteiger partial charge in [-0.3, -0.25) is 9.69 Å². The number of carbonyl (C=O) groups is 1. The molecule has 0 unspecified atom stereocenters. The highest BCUT2D eigenvalue weighted by Crippen LogP contribution is 2.21. The van der Waals surface area contributed by atoms with Crippen LogP contribution in [0.1, 0.15) is 18.4 Å². The van der Waals surface area contributed by atoms with Crippen molar-refractivity contribution >= 4 is 27.3 Å². The van der Waals surface area contributed by atoms with E-state index in [1.807, 2.05) is 4.90 Å². The predicted molar refractivity (Wildman–Crippen MR) is 118 cm³/mol. The molecule has 2 aromatic carbocycles. The first-order chi connectivity index (χ1) is 14.7.